The zero-order chi connectivity index (χ0) is 13.9. The molecule has 0 atom stereocenters. The van der Waals surface area contributed by atoms with Crippen molar-refractivity contribution in [1.82, 2.24) is 29.7 Å². The molecule has 3 aromatic heterocycles. The maximum absolute atomic E-state index is 4.44. The van der Waals surface area contributed by atoms with E-state index in [9.17, 15) is 0 Å². The Bertz CT molecular complexity index is 709. The highest BCUT2D eigenvalue weighted by Gasteiger charge is 2.13. The summed E-state index contributed by atoms with van der Waals surface area (Å²) in [4.78, 5) is 17.1. The van der Waals surface area contributed by atoms with Crippen LogP contribution in [0.2, 0.25) is 0 Å². The second-order valence-electron chi connectivity index (χ2n) is 3.79. The standard InChI is InChI=1S/C11H10BrN7S/c1-2-14-10-16-9(7-3-20-4-8(7)12)17-11(18-10)19-6-13-5-15-19/h3-6H,2H2,1H3,(H,14,16,17,18). The minimum Gasteiger partial charge on any atom is -0.354 e. The van der Waals surface area contributed by atoms with E-state index in [1.165, 1.54) is 11.0 Å². The van der Waals surface area contributed by atoms with Gasteiger partial charge in [0.25, 0.3) is 5.95 Å². The Labute approximate surface area is 127 Å². The summed E-state index contributed by atoms with van der Waals surface area (Å²) < 4.78 is 2.47. The van der Waals surface area contributed by atoms with Gasteiger partial charge in [0.2, 0.25) is 5.95 Å². The molecule has 3 rings (SSSR count). The van der Waals surface area contributed by atoms with E-state index in [2.05, 4.69) is 46.3 Å². The lowest BCUT2D eigenvalue weighted by atomic mass is 10.3. The van der Waals surface area contributed by atoms with Crippen LogP contribution in [-0.4, -0.2) is 36.3 Å². The molecule has 3 aromatic rings. The predicted molar refractivity (Wildman–Crippen MR) is 79.9 cm³/mol. The largest absolute Gasteiger partial charge is 0.354 e. The molecule has 0 aliphatic rings. The Kier molecular flexibility index (Phi) is 3.70. The molecule has 3 heterocycles. The van der Waals surface area contributed by atoms with Crippen molar-refractivity contribution in [2.75, 3.05) is 11.9 Å². The number of hydrogen-bond acceptors (Lipinski definition) is 7. The van der Waals surface area contributed by atoms with Crippen LogP contribution in [0, 0.1) is 0 Å². The second kappa shape index (κ2) is 5.63. The van der Waals surface area contributed by atoms with Gasteiger partial charge in [-0.25, -0.2) is 4.98 Å². The highest BCUT2D eigenvalue weighted by molar-refractivity contribution is 9.10. The number of rotatable bonds is 4. The molecule has 0 fully saturated rings. The van der Waals surface area contributed by atoms with Crippen LogP contribution in [0.5, 0.6) is 0 Å². The van der Waals surface area contributed by atoms with Gasteiger partial charge in [-0.15, -0.1) is 0 Å². The second-order valence-corrected chi connectivity index (χ2v) is 5.38. The summed E-state index contributed by atoms with van der Waals surface area (Å²) >= 11 is 5.08. The fraction of sp³-hybridized carbons (Fsp3) is 0.182. The SMILES string of the molecule is CCNc1nc(-c2cscc2Br)nc(-n2cncn2)n1. The van der Waals surface area contributed by atoms with E-state index in [0.29, 0.717) is 17.7 Å². The summed E-state index contributed by atoms with van der Waals surface area (Å²) in [7, 11) is 0. The molecule has 102 valence electrons. The predicted octanol–water partition coefficient (Wildman–Crippen LogP) is 2.38. The van der Waals surface area contributed by atoms with Crippen molar-refractivity contribution in [3.05, 3.63) is 27.9 Å². The van der Waals surface area contributed by atoms with Crippen molar-refractivity contribution in [1.29, 1.82) is 0 Å². The van der Waals surface area contributed by atoms with E-state index >= 15 is 0 Å². The molecule has 1 N–H and O–H groups in total. The lowest BCUT2D eigenvalue weighted by molar-refractivity contribution is 0.796. The Balaban J connectivity index is 2.12. The number of thiophene rings is 1. The first-order valence-electron chi connectivity index (χ1n) is 5.85. The molecule has 0 amide bonds. The minimum absolute atomic E-state index is 0.432. The maximum Gasteiger partial charge on any atom is 0.257 e. The molecule has 0 bridgehead atoms. The minimum atomic E-state index is 0.432. The monoisotopic (exact) mass is 351 g/mol. The Morgan fingerprint density at radius 3 is 2.85 bits per heavy atom. The summed E-state index contributed by atoms with van der Waals surface area (Å²) in [6, 6.07) is 0. The quantitative estimate of drug-likeness (QED) is 0.776. The van der Waals surface area contributed by atoms with Gasteiger partial charge < -0.3 is 5.32 Å². The first-order valence-corrected chi connectivity index (χ1v) is 7.58. The van der Waals surface area contributed by atoms with Crippen LogP contribution < -0.4 is 5.32 Å². The third kappa shape index (κ3) is 2.54. The van der Waals surface area contributed by atoms with Crippen LogP contribution >= 0.6 is 27.3 Å². The van der Waals surface area contributed by atoms with Crippen LogP contribution in [0.4, 0.5) is 5.95 Å². The molecule has 0 spiro atoms. The maximum atomic E-state index is 4.44. The van der Waals surface area contributed by atoms with E-state index < -0.39 is 0 Å². The summed E-state index contributed by atoms with van der Waals surface area (Å²) in [6.07, 6.45) is 2.99. The van der Waals surface area contributed by atoms with Crippen LogP contribution in [0.25, 0.3) is 17.3 Å². The smallest absolute Gasteiger partial charge is 0.257 e. The molecule has 0 saturated carbocycles. The van der Waals surface area contributed by atoms with Gasteiger partial charge in [0.05, 0.1) is 0 Å². The summed E-state index contributed by atoms with van der Waals surface area (Å²) in [5, 5.41) is 11.1. The number of nitrogens with zero attached hydrogens (tertiary/aromatic N) is 6. The fourth-order valence-corrected chi connectivity index (χ4v) is 3.03. The molecule has 0 saturated heterocycles. The van der Waals surface area contributed by atoms with Crippen LogP contribution in [0.3, 0.4) is 0 Å². The third-order valence-electron chi connectivity index (χ3n) is 2.44. The van der Waals surface area contributed by atoms with Crippen LogP contribution in [0.15, 0.2) is 27.9 Å². The first-order chi connectivity index (χ1) is 9.78. The normalized spacial score (nSPS) is 10.7. The number of hydrogen-bond donors (Lipinski definition) is 1. The van der Waals surface area contributed by atoms with E-state index in [-0.39, 0.29) is 0 Å². The number of halogens is 1. The zero-order valence-electron chi connectivity index (χ0n) is 10.5. The van der Waals surface area contributed by atoms with Crippen molar-refractivity contribution in [3.63, 3.8) is 0 Å². The number of aromatic nitrogens is 6. The summed E-state index contributed by atoms with van der Waals surface area (Å²) in [5.41, 5.74) is 0.929. The van der Waals surface area contributed by atoms with Gasteiger partial charge in [-0.3, -0.25) is 0 Å². The van der Waals surface area contributed by atoms with Crippen molar-refractivity contribution < 1.29 is 0 Å². The average molecular weight is 352 g/mol. The van der Waals surface area contributed by atoms with Gasteiger partial charge in [0.15, 0.2) is 5.82 Å². The Hall–Kier alpha value is -1.87. The van der Waals surface area contributed by atoms with Gasteiger partial charge in [-0.1, -0.05) is 0 Å². The van der Waals surface area contributed by atoms with Crippen LogP contribution in [-0.2, 0) is 0 Å². The lowest BCUT2D eigenvalue weighted by Gasteiger charge is -2.06. The van der Waals surface area contributed by atoms with Crippen molar-refractivity contribution >= 4 is 33.2 Å². The molecular formula is C11H10BrN7S. The number of nitrogens with one attached hydrogen (secondary N) is 1. The van der Waals surface area contributed by atoms with Crippen molar-refractivity contribution in [3.8, 4) is 17.3 Å². The topological polar surface area (TPSA) is 81.4 Å². The Morgan fingerprint density at radius 1 is 1.30 bits per heavy atom. The highest BCUT2D eigenvalue weighted by atomic mass is 79.9. The third-order valence-corrected chi connectivity index (χ3v) is 4.14. The van der Waals surface area contributed by atoms with Gasteiger partial charge in [-0.2, -0.15) is 36.1 Å². The van der Waals surface area contributed by atoms with Crippen molar-refractivity contribution in [2.24, 2.45) is 0 Å². The molecule has 9 heteroatoms. The van der Waals surface area contributed by atoms with Gasteiger partial charge >= 0.3 is 0 Å². The zero-order valence-corrected chi connectivity index (χ0v) is 12.9. The molecule has 20 heavy (non-hydrogen) atoms. The average Bonchev–Trinajstić information content (AvgIpc) is 3.09. The van der Waals surface area contributed by atoms with Gasteiger partial charge in [0.1, 0.15) is 12.7 Å². The van der Waals surface area contributed by atoms with Gasteiger partial charge in [-0.05, 0) is 22.9 Å². The lowest BCUT2D eigenvalue weighted by Crippen LogP contribution is -2.10. The first kappa shape index (κ1) is 13.1. The van der Waals surface area contributed by atoms with Gasteiger partial charge in [0, 0.05) is 27.3 Å². The summed E-state index contributed by atoms with van der Waals surface area (Å²) in [5.74, 6) is 1.54. The molecule has 0 aromatic carbocycles. The van der Waals surface area contributed by atoms with E-state index in [1.54, 1.807) is 17.7 Å². The molecular weight excluding hydrogens is 342 g/mol. The van der Waals surface area contributed by atoms with E-state index in [4.69, 9.17) is 0 Å². The molecule has 0 unspecified atom stereocenters. The highest BCUT2D eigenvalue weighted by Crippen LogP contribution is 2.29. The fourth-order valence-electron chi connectivity index (χ4n) is 1.58. The van der Waals surface area contributed by atoms with E-state index in [0.717, 1.165) is 16.6 Å². The van der Waals surface area contributed by atoms with Crippen LogP contribution in [0.1, 0.15) is 6.92 Å². The number of anilines is 1. The van der Waals surface area contributed by atoms with Crippen molar-refractivity contribution in [2.45, 2.75) is 6.92 Å². The molecule has 0 radical (unpaired) electrons. The Morgan fingerprint density at radius 2 is 2.20 bits per heavy atom. The molecule has 0 aliphatic carbocycles. The molecule has 0 aliphatic heterocycles. The summed E-state index contributed by atoms with van der Waals surface area (Å²) in [6.45, 7) is 2.71. The van der Waals surface area contributed by atoms with E-state index in [1.807, 2.05) is 17.7 Å². The molecule has 7 nitrogen and oxygen atoms in total.